The maximum atomic E-state index is 13.0. The smallest absolute Gasteiger partial charge is 0.350 e. The van der Waals surface area contributed by atoms with E-state index in [1.54, 1.807) is 6.92 Å². The number of alkyl halides is 2. The van der Waals surface area contributed by atoms with E-state index in [1.807, 2.05) is 0 Å². The highest BCUT2D eigenvalue weighted by molar-refractivity contribution is 7.24. The lowest BCUT2D eigenvalue weighted by molar-refractivity contribution is -0.131. The first-order valence-corrected chi connectivity index (χ1v) is 5.42. The van der Waals surface area contributed by atoms with Gasteiger partial charge in [0.2, 0.25) is 8.46 Å². The number of carbonyl (C=O) groups is 1. The third-order valence-electron chi connectivity index (χ3n) is 2.14. The van der Waals surface area contributed by atoms with Crippen molar-refractivity contribution in [1.29, 1.82) is 0 Å². The Morgan fingerprint density at radius 1 is 1.35 bits per heavy atom. The number of carboxylic acid groups (broad SMARTS) is 1. The van der Waals surface area contributed by atoms with Crippen molar-refractivity contribution in [3.05, 3.63) is 41.5 Å². The lowest BCUT2D eigenvalue weighted by Crippen LogP contribution is -2.03. The van der Waals surface area contributed by atoms with Gasteiger partial charge in [-0.15, -0.1) is 0 Å². The molecular formula is C11H9F2O3P. The van der Waals surface area contributed by atoms with Crippen molar-refractivity contribution in [2.24, 2.45) is 0 Å². The number of hydrogen-bond donors (Lipinski definition) is 1. The van der Waals surface area contributed by atoms with Crippen LogP contribution in [-0.2, 0) is 15.0 Å². The molecule has 0 aromatic heterocycles. The maximum absolute atomic E-state index is 13.0. The van der Waals surface area contributed by atoms with Gasteiger partial charge in [0.15, 0.2) is 0 Å². The van der Waals surface area contributed by atoms with Gasteiger partial charge in [0.25, 0.3) is 0 Å². The van der Waals surface area contributed by atoms with Gasteiger partial charge in [-0.25, -0.2) is 4.79 Å². The van der Waals surface area contributed by atoms with Crippen LogP contribution >= 0.6 is 8.46 Å². The molecule has 0 radical (unpaired) electrons. The second kappa shape index (κ2) is 5.15. The number of aliphatic carboxylic acids is 1. The molecule has 0 fully saturated rings. The third-order valence-corrected chi connectivity index (χ3v) is 2.63. The summed E-state index contributed by atoms with van der Waals surface area (Å²) in [4.78, 5) is 10.4. The molecule has 0 aliphatic heterocycles. The van der Waals surface area contributed by atoms with Crippen molar-refractivity contribution in [1.82, 2.24) is 0 Å². The lowest BCUT2D eigenvalue weighted by Gasteiger charge is -2.08. The Morgan fingerprint density at radius 3 is 2.29 bits per heavy atom. The van der Waals surface area contributed by atoms with E-state index in [9.17, 15) is 18.1 Å². The van der Waals surface area contributed by atoms with Crippen molar-refractivity contribution in [3.8, 4) is 0 Å². The summed E-state index contributed by atoms with van der Waals surface area (Å²) in [6.07, 6.45) is 0.985. The minimum Gasteiger partial charge on any atom is -0.478 e. The molecule has 1 aromatic rings. The molecule has 0 aliphatic rings. The highest BCUT2D eigenvalue weighted by Gasteiger charge is 2.32. The van der Waals surface area contributed by atoms with Gasteiger partial charge < -0.3 is 5.11 Å². The Morgan fingerprint density at radius 2 is 1.88 bits per heavy atom. The zero-order chi connectivity index (χ0) is 13.1. The molecule has 0 unspecified atom stereocenters. The fourth-order valence-corrected chi connectivity index (χ4v) is 1.51. The van der Waals surface area contributed by atoms with Crippen LogP contribution in [0.2, 0.25) is 0 Å². The number of halogens is 2. The highest BCUT2D eigenvalue weighted by atomic mass is 31.1. The highest BCUT2D eigenvalue weighted by Crippen LogP contribution is 2.38. The van der Waals surface area contributed by atoms with Gasteiger partial charge in [0, 0.05) is 11.6 Å². The van der Waals surface area contributed by atoms with Crippen LogP contribution in [0.5, 0.6) is 0 Å². The monoisotopic (exact) mass is 258 g/mol. The Kier molecular flexibility index (Phi) is 4.07. The molecule has 3 nitrogen and oxygen atoms in total. The van der Waals surface area contributed by atoms with E-state index >= 15 is 0 Å². The molecular weight excluding hydrogens is 249 g/mol. The molecule has 0 bridgehead atoms. The Hall–Kier alpha value is -1.61. The van der Waals surface area contributed by atoms with Crippen molar-refractivity contribution in [3.63, 3.8) is 0 Å². The van der Waals surface area contributed by atoms with Crippen LogP contribution in [0, 0.1) is 0 Å². The normalized spacial score (nSPS) is 12.8. The molecule has 0 saturated heterocycles. The van der Waals surface area contributed by atoms with Gasteiger partial charge in [-0.05, 0) is 18.1 Å². The first-order valence-electron chi connectivity index (χ1n) is 4.61. The molecule has 17 heavy (non-hydrogen) atoms. The van der Waals surface area contributed by atoms with Gasteiger partial charge in [-0.2, -0.15) is 8.78 Å². The summed E-state index contributed by atoms with van der Waals surface area (Å²) in [5.74, 6) is -1.10. The number of hydrogen-bond acceptors (Lipinski definition) is 2. The fourth-order valence-electron chi connectivity index (χ4n) is 1.25. The molecule has 0 aliphatic carbocycles. The zero-order valence-corrected chi connectivity index (χ0v) is 9.75. The summed E-state index contributed by atoms with van der Waals surface area (Å²) >= 11 is 0. The minimum atomic E-state index is -3.41. The molecule has 0 saturated carbocycles. The van der Waals surface area contributed by atoms with Crippen molar-refractivity contribution >= 4 is 20.0 Å². The molecule has 1 aromatic carbocycles. The summed E-state index contributed by atoms with van der Waals surface area (Å²) in [6.45, 7) is 1.56. The Labute approximate surface area is 98.0 Å². The first kappa shape index (κ1) is 13.5. The van der Waals surface area contributed by atoms with Gasteiger partial charge in [0.1, 0.15) is 0 Å². The van der Waals surface area contributed by atoms with Crippen LogP contribution in [0.3, 0.4) is 0 Å². The predicted octanol–water partition coefficient (Wildman–Crippen LogP) is 3.52. The molecule has 0 spiro atoms. The van der Waals surface area contributed by atoms with Gasteiger partial charge in [-0.1, -0.05) is 24.3 Å². The Balaban J connectivity index is 3.04. The standard InChI is InChI=1S/C11H9F2O3P/c1-7(6-10(14)15)8-2-4-9(5-3-8)11(12,13)17-16/h2-6H,1H3,(H,14,15)/b7-6-. The van der Waals surface area contributed by atoms with Gasteiger partial charge >= 0.3 is 11.6 Å². The summed E-state index contributed by atoms with van der Waals surface area (Å²) < 4.78 is 36.2. The second-order valence-corrected chi connectivity index (χ2v) is 4.12. The van der Waals surface area contributed by atoms with Crippen molar-refractivity contribution in [2.45, 2.75) is 12.6 Å². The molecule has 1 N–H and O–H groups in total. The van der Waals surface area contributed by atoms with E-state index in [1.165, 1.54) is 12.1 Å². The molecule has 0 amide bonds. The summed E-state index contributed by atoms with van der Waals surface area (Å²) in [5.41, 5.74) is -2.81. The lowest BCUT2D eigenvalue weighted by atomic mass is 10.1. The molecule has 90 valence electrons. The van der Waals surface area contributed by atoms with E-state index < -0.39 is 20.1 Å². The maximum Gasteiger partial charge on any atom is 0.350 e. The summed E-state index contributed by atoms with van der Waals surface area (Å²) in [7, 11) is -1.26. The van der Waals surface area contributed by atoms with E-state index in [2.05, 4.69) is 0 Å². The van der Waals surface area contributed by atoms with Crippen LogP contribution in [0.15, 0.2) is 30.3 Å². The van der Waals surface area contributed by atoms with E-state index in [4.69, 9.17) is 5.11 Å². The zero-order valence-electron chi connectivity index (χ0n) is 8.85. The predicted molar refractivity (Wildman–Crippen MR) is 59.2 cm³/mol. The Bertz CT molecular complexity index is 466. The van der Waals surface area contributed by atoms with Crippen LogP contribution < -0.4 is 0 Å². The van der Waals surface area contributed by atoms with Gasteiger partial charge in [0.05, 0.1) is 0 Å². The number of allylic oxidation sites excluding steroid dienone is 1. The molecule has 0 atom stereocenters. The average molecular weight is 258 g/mol. The van der Waals surface area contributed by atoms with E-state index in [0.29, 0.717) is 11.1 Å². The van der Waals surface area contributed by atoms with Crippen LogP contribution in [0.25, 0.3) is 5.57 Å². The number of benzene rings is 1. The number of carboxylic acids is 1. The van der Waals surface area contributed by atoms with Crippen LogP contribution in [0.4, 0.5) is 8.78 Å². The second-order valence-electron chi connectivity index (χ2n) is 3.38. The average Bonchev–Trinajstić information content (AvgIpc) is 2.28. The topological polar surface area (TPSA) is 54.4 Å². The van der Waals surface area contributed by atoms with E-state index in [-0.39, 0.29) is 5.56 Å². The van der Waals surface area contributed by atoms with Gasteiger partial charge in [-0.3, -0.25) is 4.57 Å². The van der Waals surface area contributed by atoms with E-state index in [0.717, 1.165) is 18.2 Å². The quantitative estimate of drug-likeness (QED) is 0.664. The third kappa shape index (κ3) is 3.43. The molecule has 1 rings (SSSR count). The number of rotatable bonds is 4. The largest absolute Gasteiger partial charge is 0.478 e. The van der Waals surface area contributed by atoms with Crippen molar-refractivity contribution in [2.75, 3.05) is 0 Å². The SMILES string of the molecule is C/C(=C/C(=O)O)c1ccc(C(F)(F)P=O)cc1. The minimum absolute atomic E-state index is 0.374. The van der Waals surface area contributed by atoms with Crippen LogP contribution in [-0.4, -0.2) is 11.1 Å². The fraction of sp³-hybridized carbons (Fsp3) is 0.182. The first-order chi connectivity index (χ1) is 7.86. The van der Waals surface area contributed by atoms with Crippen molar-refractivity contribution < 1.29 is 23.2 Å². The van der Waals surface area contributed by atoms with Crippen LogP contribution in [0.1, 0.15) is 18.1 Å². The molecule has 6 heteroatoms. The summed E-state index contributed by atoms with van der Waals surface area (Å²) in [5, 5.41) is 8.53. The summed E-state index contributed by atoms with van der Waals surface area (Å²) in [6, 6.07) is 4.98. The molecule has 0 heterocycles.